The molecule has 3 heterocycles. The zero-order chi connectivity index (χ0) is 17.2. The van der Waals surface area contributed by atoms with Gasteiger partial charge in [0.1, 0.15) is 10.7 Å². The molecular formula is C18H18N4OS2. The van der Waals surface area contributed by atoms with E-state index in [2.05, 4.69) is 34.6 Å². The molecule has 1 fully saturated rings. The van der Waals surface area contributed by atoms with Crippen molar-refractivity contribution >= 4 is 28.6 Å². The van der Waals surface area contributed by atoms with E-state index in [-0.39, 0.29) is 12.1 Å². The van der Waals surface area contributed by atoms with Gasteiger partial charge >= 0.3 is 0 Å². The lowest BCUT2D eigenvalue weighted by Gasteiger charge is -2.31. The Balaban J connectivity index is 1.53. The first-order valence-electron chi connectivity index (χ1n) is 8.10. The number of hydrogen-bond donors (Lipinski definition) is 2. The Morgan fingerprint density at radius 2 is 2.00 bits per heavy atom. The largest absolute Gasteiger partial charge is 0.333 e. The number of thiophene rings is 1. The normalized spacial score (nSPS) is 17.6. The van der Waals surface area contributed by atoms with Crippen LogP contribution in [0.1, 0.15) is 10.5 Å². The molecule has 1 amide bonds. The van der Waals surface area contributed by atoms with Crippen LogP contribution in [-0.2, 0) is 0 Å². The zero-order valence-corrected chi connectivity index (χ0v) is 15.1. The molecule has 0 saturated carbocycles. The summed E-state index contributed by atoms with van der Waals surface area (Å²) in [6.07, 6.45) is -0.165. The van der Waals surface area contributed by atoms with Crippen LogP contribution in [0, 0.1) is 0 Å². The number of rotatable bonds is 3. The monoisotopic (exact) mass is 370 g/mol. The number of carbonyl (C=O) groups excluding carboxylic acids is 1. The summed E-state index contributed by atoms with van der Waals surface area (Å²) in [6.45, 7) is 1.90. The van der Waals surface area contributed by atoms with Crippen molar-refractivity contribution in [2.45, 2.75) is 6.17 Å². The van der Waals surface area contributed by atoms with Crippen LogP contribution in [-0.4, -0.2) is 41.6 Å². The number of thiazole rings is 1. The first-order chi connectivity index (χ1) is 12.2. The summed E-state index contributed by atoms with van der Waals surface area (Å²) in [5.41, 5.74) is 7.57. The standard InChI is InChI=1S/C18H18N4OS2/c19-16-10-22(9-8-20-16)18(23)13-11-24-17(21-13)15-7-6-14(25-15)12-4-2-1-3-5-12/h1-7,11,16,20H,8-10,19H2/t16-/m1/s1. The van der Waals surface area contributed by atoms with Gasteiger partial charge in [-0.05, 0) is 17.7 Å². The third-order valence-corrected chi connectivity index (χ3v) is 6.24. The quantitative estimate of drug-likeness (QED) is 0.744. The molecule has 0 radical (unpaired) electrons. The SMILES string of the molecule is N[C@H]1CN(C(=O)c2csc(-c3ccc(-c4ccccc4)s3)n2)CCN1. The van der Waals surface area contributed by atoms with Crippen LogP contribution >= 0.6 is 22.7 Å². The van der Waals surface area contributed by atoms with Crippen LogP contribution in [0.2, 0.25) is 0 Å². The van der Waals surface area contributed by atoms with Crippen LogP contribution in [0.5, 0.6) is 0 Å². The van der Waals surface area contributed by atoms with Gasteiger partial charge in [-0.1, -0.05) is 30.3 Å². The second kappa shape index (κ2) is 7.05. The van der Waals surface area contributed by atoms with Crippen LogP contribution in [0.25, 0.3) is 20.3 Å². The van der Waals surface area contributed by atoms with Crippen molar-refractivity contribution in [3.8, 4) is 20.3 Å². The molecule has 2 aromatic heterocycles. The number of nitrogens with one attached hydrogen (secondary N) is 1. The highest BCUT2D eigenvalue weighted by molar-refractivity contribution is 7.23. The third kappa shape index (κ3) is 3.50. The number of amides is 1. The number of benzene rings is 1. The van der Waals surface area contributed by atoms with Gasteiger partial charge in [0, 0.05) is 29.9 Å². The van der Waals surface area contributed by atoms with E-state index in [0.717, 1.165) is 16.4 Å². The number of piperazine rings is 1. The molecule has 0 unspecified atom stereocenters. The number of nitrogens with zero attached hydrogens (tertiary/aromatic N) is 2. The van der Waals surface area contributed by atoms with Crippen molar-refractivity contribution in [3.05, 3.63) is 53.5 Å². The number of nitrogens with two attached hydrogens (primary N) is 1. The summed E-state index contributed by atoms with van der Waals surface area (Å²) >= 11 is 3.20. The van der Waals surface area contributed by atoms with E-state index in [0.29, 0.717) is 18.8 Å². The van der Waals surface area contributed by atoms with Crippen LogP contribution < -0.4 is 11.1 Å². The molecule has 25 heavy (non-hydrogen) atoms. The lowest BCUT2D eigenvalue weighted by Crippen LogP contribution is -2.56. The van der Waals surface area contributed by atoms with E-state index in [1.54, 1.807) is 16.2 Å². The molecule has 0 aliphatic carbocycles. The van der Waals surface area contributed by atoms with Gasteiger partial charge < -0.3 is 10.6 Å². The fraction of sp³-hybridized carbons (Fsp3) is 0.222. The number of hydrogen-bond acceptors (Lipinski definition) is 6. The maximum Gasteiger partial charge on any atom is 0.273 e. The van der Waals surface area contributed by atoms with Gasteiger partial charge in [0.2, 0.25) is 0 Å². The molecule has 3 N–H and O–H groups in total. The summed E-state index contributed by atoms with van der Waals surface area (Å²) in [7, 11) is 0. The molecule has 128 valence electrons. The smallest absolute Gasteiger partial charge is 0.273 e. The lowest BCUT2D eigenvalue weighted by molar-refractivity contribution is 0.0700. The summed E-state index contributed by atoms with van der Waals surface area (Å²) in [5.74, 6) is -0.0423. The number of carbonyl (C=O) groups is 1. The van der Waals surface area contributed by atoms with E-state index in [1.165, 1.54) is 21.8 Å². The van der Waals surface area contributed by atoms with Gasteiger partial charge in [0.15, 0.2) is 0 Å². The van der Waals surface area contributed by atoms with Gasteiger partial charge in [-0.15, -0.1) is 22.7 Å². The minimum absolute atomic E-state index is 0.0423. The van der Waals surface area contributed by atoms with Crippen LogP contribution in [0.4, 0.5) is 0 Å². The first-order valence-corrected chi connectivity index (χ1v) is 9.80. The van der Waals surface area contributed by atoms with Crippen LogP contribution in [0.15, 0.2) is 47.8 Å². The Bertz CT molecular complexity index is 874. The van der Waals surface area contributed by atoms with Crippen molar-refractivity contribution in [2.24, 2.45) is 5.73 Å². The van der Waals surface area contributed by atoms with E-state index >= 15 is 0 Å². The van der Waals surface area contributed by atoms with Gasteiger partial charge in [0.25, 0.3) is 5.91 Å². The Morgan fingerprint density at radius 1 is 1.20 bits per heavy atom. The molecule has 5 nitrogen and oxygen atoms in total. The minimum atomic E-state index is -0.165. The Hall–Kier alpha value is -2.06. The molecule has 1 saturated heterocycles. The maximum atomic E-state index is 12.6. The minimum Gasteiger partial charge on any atom is -0.333 e. The molecule has 1 aromatic carbocycles. The summed E-state index contributed by atoms with van der Waals surface area (Å²) in [5, 5.41) is 5.86. The molecule has 4 rings (SSSR count). The van der Waals surface area contributed by atoms with E-state index in [1.807, 2.05) is 23.6 Å². The molecule has 0 bridgehead atoms. The maximum absolute atomic E-state index is 12.6. The van der Waals surface area contributed by atoms with E-state index in [9.17, 15) is 4.79 Å². The Morgan fingerprint density at radius 3 is 2.80 bits per heavy atom. The zero-order valence-electron chi connectivity index (χ0n) is 13.5. The predicted molar refractivity (Wildman–Crippen MR) is 103 cm³/mol. The third-order valence-electron chi connectivity index (χ3n) is 4.09. The highest BCUT2D eigenvalue weighted by atomic mass is 32.1. The van der Waals surface area contributed by atoms with Gasteiger partial charge in [-0.3, -0.25) is 10.1 Å². The Kier molecular flexibility index (Phi) is 4.63. The first kappa shape index (κ1) is 16.4. The van der Waals surface area contributed by atoms with Crippen molar-refractivity contribution in [1.29, 1.82) is 0 Å². The van der Waals surface area contributed by atoms with Gasteiger partial charge in [-0.25, -0.2) is 4.98 Å². The fourth-order valence-electron chi connectivity index (χ4n) is 2.82. The second-order valence-corrected chi connectivity index (χ2v) is 7.82. The van der Waals surface area contributed by atoms with Crippen molar-refractivity contribution in [3.63, 3.8) is 0 Å². The highest BCUT2D eigenvalue weighted by Gasteiger charge is 2.24. The molecule has 3 aromatic rings. The van der Waals surface area contributed by atoms with E-state index in [4.69, 9.17) is 5.73 Å². The Labute approximate surface area is 154 Å². The molecule has 1 atom stereocenters. The molecule has 1 aliphatic rings. The lowest BCUT2D eigenvalue weighted by atomic mass is 10.2. The molecule has 1 aliphatic heterocycles. The second-order valence-electron chi connectivity index (χ2n) is 5.88. The average Bonchev–Trinajstić information content (AvgIpc) is 3.31. The van der Waals surface area contributed by atoms with E-state index < -0.39 is 0 Å². The summed E-state index contributed by atoms with van der Waals surface area (Å²) in [4.78, 5) is 21.2. The van der Waals surface area contributed by atoms with Crippen molar-refractivity contribution in [1.82, 2.24) is 15.2 Å². The summed E-state index contributed by atoms with van der Waals surface area (Å²) in [6, 6.07) is 14.5. The van der Waals surface area contributed by atoms with Gasteiger partial charge in [0.05, 0.1) is 11.0 Å². The predicted octanol–water partition coefficient (Wildman–Crippen LogP) is 2.87. The van der Waals surface area contributed by atoms with Crippen molar-refractivity contribution in [2.75, 3.05) is 19.6 Å². The topological polar surface area (TPSA) is 71.2 Å². The van der Waals surface area contributed by atoms with Crippen molar-refractivity contribution < 1.29 is 4.79 Å². The highest BCUT2D eigenvalue weighted by Crippen LogP contribution is 2.35. The molecule has 7 heteroatoms. The van der Waals surface area contributed by atoms with Gasteiger partial charge in [-0.2, -0.15) is 0 Å². The molecule has 0 spiro atoms. The average molecular weight is 371 g/mol. The van der Waals surface area contributed by atoms with Crippen LogP contribution in [0.3, 0.4) is 0 Å². The summed E-state index contributed by atoms with van der Waals surface area (Å²) < 4.78 is 0. The number of aromatic nitrogens is 1. The fourth-order valence-corrected chi connectivity index (χ4v) is 4.70. The molecular weight excluding hydrogens is 352 g/mol.